The number of pyridine rings is 1. The fourth-order valence-corrected chi connectivity index (χ4v) is 2.11. The molecule has 0 unspecified atom stereocenters. The highest BCUT2D eigenvalue weighted by atomic mass is 35.5. The number of nitrogens with zero attached hydrogens (tertiary/aromatic N) is 1. The number of halogens is 1. The number of aliphatic hydroxyl groups excluding tert-OH is 1. The molecule has 0 aromatic carbocycles. The van der Waals surface area contributed by atoms with Crippen molar-refractivity contribution in [3.05, 3.63) is 29.0 Å². The Balaban J connectivity index is 1.91. The number of carbonyl (C=O) groups is 1. The second kappa shape index (κ2) is 5.47. The van der Waals surface area contributed by atoms with E-state index in [2.05, 4.69) is 10.3 Å². The van der Waals surface area contributed by atoms with Crippen LogP contribution in [-0.4, -0.2) is 28.1 Å². The zero-order valence-electron chi connectivity index (χ0n) is 9.40. The predicted octanol–water partition coefficient (Wildman–Crippen LogP) is 1.77. The van der Waals surface area contributed by atoms with Crippen molar-refractivity contribution in [2.45, 2.75) is 37.8 Å². The molecule has 1 aromatic heterocycles. The van der Waals surface area contributed by atoms with E-state index >= 15 is 0 Å². The summed E-state index contributed by atoms with van der Waals surface area (Å²) in [5.74, 6) is -0.129. The lowest BCUT2D eigenvalue weighted by Gasteiger charge is -2.26. The third-order valence-corrected chi connectivity index (χ3v) is 3.25. The van der Waals surface area contributed by atoms with Crippen molar-refractivity contribution in [3.63, 3.8) is 0 Å². The summed E-state index contributed by atoms with van der Waals surface area (Å²) in [5, 5.41) is 12.7. The Morgan fingerprint density at radius 1 is 1.35 bits per heavy atom. The van der Waals surface area contributed by atoms with Crippen LogP contribution >= 0.6 is 11.6 Å². The minimum Gasteiger partial charge on any atom is -0.393 e. The quantitative estimate of drug-likeness (QED) is 0.791. The maximum atomic E-state index is 11.8. The fourth-order valence-electron chi connectivity index (χ4n) is 2.00. The summed E-state index contributed by atoms with van der Waals surface area (Å²) < 4.78 is 0. The van der Waals surface area contributed by atoms with E-state index in [4.69, 9.17) is 11.6 Å². The van der Waals surface area contributed by atoms with Crippen molar-refractivity contribution >= 4 is 17.5 Å². The number of amides is 1. The minimum absolute atomic E-state index is 0.129. The van der Waals surface area contributed by atoms with Crippen molar-refractivity contribution < 1.29 is 9.90 Å². The van der Waals surface area contributed by atoms with Crippen LogP contribution in [0, 0.1) is 0 Å². The maximum absolute atomic E-state index is 11.8. The summed E-state index contributed by atoms with van der Waals surface area (Å²) in [6, 6.07) is 3.41. The minimum atomic E-state index is -0.208. The second-order valence-electron chi connectivity index (χ2n) is 4.35. The van der Waals surface area contributed by atoms with Crippen LogP contribution < -0.4 is 5.32 Å². The molecule has 1 aromatic rings. The van der Waals surface area contributed by atoms with Crippen molar-refractivity contribution in [2.75, 3.05) is 0 Å². The van der Waals surface area contributed by atoms with Crippen LogP contribution in [0.25, 0.3) is 0 Å². The van der Waals surface area contributed by atoms with Crippen LogP contribution in [0.15, 0.2) is 18.3 Å². The molecule has 5 heteroatoms. The average molecular weight is 255 g/mol. The molecule has 0 aliphatic heterocycles. The van der Waals surface area contributed by atoms with E-state index in [1.165, 1.54) is 6.20 Å². The van der Waals surface area contributed by atoms with Gasteiger partial charge in [0.25, 0.3) is 5.91 Å². The molecule has 4 nitrogen and oxygen atoms in total. The standard InChI is InChI=1S/C12H15ClN2O2/c13-11-6-1-8(7-14-11)12(17)15-9-2-4-10(16)5-3-9/h1,6-7,9-10,16H,2-5H2,(H,15,17). The summed E-state index contributed by atoms with van der Waals surface area (Å²) in [5.41, 5.74) is 0.514. The molecule has 1 aliphatic carbocycles. The van der Waals surface area contributed by atoms with E-state index < -0.39 is 0 Å². The maximum Gasteiger partial charge on any atom is 0.253 e. The highest BCUT2D eigenvalue weighted by Gasteiger charge is 2.21. The third-order valence-electron chi connectivity index (χ3n) is 3.02. The first kappa shape index (κ1) is 12.3. The van der Waals surface area contributed by atoms with Gasteiger partial charge in [-0.1, -0.05) is 11.6 Å². The molecule has 0 atom stereocenters. The number of aromatic nitrogens is 1. The number of nitrogens with one attached hydrogen (secondary N) is 1. The molecule has 0 bridgehead atoms. The first-order chi connectivity index (χ1) is 8.15. The van der Waals surface area contributed by atoms with Gasteiger partial charge in [-0.2, -0.15) is 0 Å². The SMILES string of the molecule is O=C(NC1CCC(O)CC1)c1ccc(Cl)nc1. The largest absolute Gasteiger partial charge is 0.393 e. The first-order valence-corrected chi connectivity index (χ1v) is 6.13. The normalized spacial score (nSPS) is 24.4. The van der Waals surface area contributed by atoms with Gasteiger partial charge in [0.1, 0.15) is 5.15 Å². The number of carbonyl (C=O) groups excluding carboxylic acids is 1. The molecule has 2 rings (SSSR count). The van der Waals surface area contributed by atoms with Gasteiger partial charge in [-0.3, -0.25) is 4.79 Å². The topological polar surface area (TPSA) is 62.2 Å². The fraction of sp³-hybridized carbons (Fsp3) is 0.500. The highest BCUT2D eigenvalue weighted by molar-refractivity contribution is 6.29. The molecule has 0 saturated heterocycles. The Hall–Kier alpha value is -1.13. The van der Waals surface area contributed by atoms with E-state index in [1.807, 2.05) is 0 Å². The summed E-state index contributed by atoms with van der Waals surface area (Å²) in [6.45, 7) is 0. The average Bonchev–Trinajstić information content (AvgIpc) is 2.33. The predicted molar refractivity (Wildman–Crippen MR) is 65.0 cm³/mol. The number of aliphatic hydroxyl groups is 1. The van der Waals surface area contributed by atoms with Gasteiger partial charge in [-0.25, -0.2) is 4.98 Å². The highest BCUT2D eigenvalue weighted by Crippen LogP contribution is 2.18. The van der Waals surface area contributed by atoms with E-state index in [9.17, 15) is 9.90 Å². The molecule has 1 fully saturated rings. The Kier molecular flexibility index (Phi) is 3.97. The lowest BCUT2D eigenvalue weighted by molar-refractivity contribution is 0.0867. The molecule has 1 aliphatic rings. The summed E-state index contributed by atoms with van der Waals surface area (Å²) in [6.07, 6.45) is 4.42. The Morgan fingerprint density at radius 3 is 2.65 bits per heavy atom. The smallest absolute Gasteiger partial charge is 0.253 e. The van der Waals surface area contributed by atoms with E-state index in [-0.39, 0.29) is 18.1 Å². The monoisotopic (exact) mass is 254 g/mol. The van der Waals surface area contributed by atoms with Crippen LogP contribution in [0.1, 0.15) is 36.0 Å². The number of rotatable bonds is 2. The van der Waals surface area contributed by atoms with Crippen molar-refractivity contribution in [3.8, 4) is 0 Å². The van der Waals surface area contributed by atoms with Gasteiger partial charge in [0, 0.05) is 12.2 Å². The molecule has 17 heavy (non-hydrogen) atoms. The van der Waals surface area contributed by atoms with Gasteiger partial charge in [0.05, 0.1) is 11.7 Å². The van der Waals surface area contributed by atoms with Gasteiger partial charge >= 0.3 is 0 Å². The van der Waals surface area contributed by atoms with E-state index in [0.717, 1.165) is 25.7 Å². The Labute approximate surface area is 105 Å². The molecular formula is C12H15ClN2O2. The van der Waals surface area contributed by atoms with E-state index in [0.29, 0.717) is 10.7 Å². The molecule has 0 radical (unpaired) electrons. The van der Waals surface area contributed by atoms with Crippen LogP contribution in [0.2, 0.25) is 5.15 Å². The van der Waals surface area contributed by atoms with Gasteiger partial charge in [0.2, 0.25) is 0 Å². The Morgan fingerprint density at radius 2 is 2.06 bits per heavy atom. The molecule has 92 valence electrons. The third kappa shape index (κ3) is 3.41. The van der Waals surface area contributed by atoms with Crippen molar-refractivity contribution in [1.29, 1.82) is 0 Å². The van der Waals surface area contributed by atoms with Crippen molar-refractivity contribution in [1.82, 2.24) is 10.3 Å². The van der Waals surface area contributed by atoms with Crippen LogP contribution in [0.3, 0.4) is 0 Å². The lowest BCUT2D eigenvalue weighted by atomic mass is 9.93. The van der Waals surface area contributed by atoms with Crippen molar-refractivity contribution in [2.24, 2.45) is 0 Å². The van der Waals surface area contributed by atoms with Crippen LogP contribution in [-0.2, 0) is 0 Å². The van der Waals surface area contributed by atoms with Crippen LogP contribution in [0.4, 0.5) is 0 Å². The van der Waals surface area contributed by atoms with Crippen LogP contribution in [0.5, 0.6) is 0 Å². The molecular weight excluding hydrogens is 240 g/mol. The molecule has 2 N–H and O–H groups in total. The number of hydrogen-bond acceptors (Lipinski definition) is 3. The van der Waals surface area contributed by atoms with Gasteiger partial charge in [-0.15, -0.1) is 0 Å². The molecule has 1 saturated carbocycles. The first-order valence-electron chi connectivity index (χ1n) is 5.75. The molecule has 1 heterocycles. The zero-order chi connectivity index (χ0) is 12.3. The molecule has 0 spiro atoms. The summed E-state index contributed by atoms with van der Waals surface area (Å²) in [4.78, 5) is 15.7. The zero-order valence-corrected chi connectivity index (χ0v) is 10.2. The van der Waals surface area contributed by atoms with E-state index in [1.54, 1.807) is 12.1 Å². The van der Waals surface area contributed by atoms with Gasteiger partial charge in [0.15, 0.2) is 0 Å². The second-order valence-corrected chi connectivity index (χ2v) is 4.74. The molecule has 1 amide bonds. The van der Waals surface area contributed by atoms with Gasteiger partial charge in [-0.05, 0) is 37.8 Å². The Bertz CT molecular complexity index is 386. The lowest BCUT2D eigenvalue weighted by Crippen LogP contribution is -2.38. The number of hydrogen-bond donors (Lipinski definition) is 2. The summed E-state index contributed by atoms with van der Waals surface area (Å²) >= 11 is 5.65. The summed E-state index contributed by atoms with van der Waals surface area (Å²) in [7, 11) is 0. The van der Waals surface area contributed by atoms with Gasteiger partial charge < -0.3 is 10.4 Å².